The topological polar surface area (TPSA) is 134 Å². The zero-order valence-electron chi connectivity index (χ0n) is 18.0. The molecule has 0 radical (unpaired) electrons. The van der Waals surface area contributed by atoms with Crippen molar-refractivity contribution in [3.63, 3.8) is 0 Å². The Hall–Kier alpha value is -3.84. The highest BCUT2D eigenvalue weighted by Gasteiger charge is 2.21. The fraction of sp³-hybridized carbons (Fsp3) is 0.0417. The lowest BCUT2D eigenvalue weighted by molar-refractivity contribution is -0.112. The van der Waals surface area contributed by atoms with E-state index in [4.69, 9.17) is 27.4 Å². The summed E-state index contributed by atoms with van der Waals surface area (Å²) in [6.07, 6.45) is 1.16. The van der Waals surface area contributed by atoms with Crippen molar-refractivity contribution >= 4 is 57.0 Å². The molecule has 0 unspecified atom stereocenters. The van der Waals surface area contributed by atoms with Crippen molar-refractivity contribution in [3.05, 3.63) is 93.0 Å². The number of hydrogen-bond donors (Lipinski definition) is 2. The molecule has 3 aromatic carbocycles. The van der Waals surface area contributed by atoms with Gasteiger partial charge in [0.25, 0.3) is 5.91 Å². The van der Waals surface area contributed by atoms with Crippen LogP contribution in [0.3, 0.4) is 0 Å². The average Bonchev–Trinajstić information content (AvgIpc) is 2.80. The van der Waals surface area contributed by atoms with E-state index >= 15 is 0 Å². The van der Waals surface area contributed by atoms with Crippen LogP contribution in [0.5, 0.6) is 5.75 Å². The summed E-state index contributed by atoms with van der Waals surface area (Å²) in [6, 6.07) is 15.9. The first kappa shape index (κ1) is 25.8. The van der Waals surface area contributed by atoms with E-state index in [-0.39, 0.29) is 43.1 Å². The molecule has 8 nitrogen and oxygen atoms in total. The van der Waals surface area contributed by atoms with Crippen molar-refractivity contribution in [2.75, 3.05) is 5.32 Å². The molecule has 0 aliphatic carbocycles. The maximum absolute atomic E-state index is 12.6. The van der Waals surface area contributed by atoms with E-state index < -0.39 is 22.0 Å². The number of carbonyl (C=O) groups is 2. The second kappa shape index (κ2) is 10.6. The summed E-state index contributed by atoms with van der Waals surface area (Å²) in [5.41, 5.74) is 0.546. The Morgan fingerprint density at radius 3 is 2.23 bits per heavy atom. The molecular weight excluding hydrogens is 515 g/mol. The first-order chi connectivity index (χ1) is 16.5. The molecule has 35 heavy (non-hydrogen) atoms. The second-order valence-corrected chi connectivity index (χ2v) is 9.50. The number of carbonyl (C=O) groups excluding carboxylic acids is 1. The second-order valence-electron chi connectivity index (χ2n) is 7.14. The Bertz CT molecular complexity index is 1470. The predicted molar refractivity (Wildman–Crippen MR) is 131 cm³/mol. The summed E-state index contributed by atoms with van der Waals surface area (Å²) in [6.45, 7) is 1.80. The smallest absolute Gasteiger partial charge is 0.339 e. The number of nitrogens with zero attached hydrogens (tertiary/aromatic N) is 1. The van der Waals surface area contributed by atoms with Gasteiger partial charge in [-0.2, -0.15) is 13.7 Å². The van der Waals surface area contributed by atoms with Crippen molar-refractivity contribution in [1.82, 2.24) is 0 Å². The quantitative estimate of drug-likeness (QED) is 0.240. The van der Waals surface area contributed by atoms with Crippen LogP contribution < -0.4 is 9.50 Å². The molecule has 0 aliphatic heterocycles. The van der Waals surface area contributed by atoms with E-state index in [0.717, 1.165) is 11.6 Å². The number of aromatic carboxylic acids is 1. The Morgan fingerprint density at radius 1 is 1.06 bits per heavy atom. The largest absolute Gasteiger partial charge is 0.478 e. The van der Waals surface area contributed by atoms with Gasteiger partial charge in [-0.3, -0.25) is 4.79 Å². The highest BCUT2D eigenvalue weighted by atomic mass is 35.5. The first-order valence-corrected chi connectivity index (χ1v) is 11.9. The Labute approximate surface area is 211 Å². The van der Waals surface area contributed by atoms with E-state index in [2.05, 4.69) is 5.32 Å². The number of carboxylic acids is 1. The monoisotopic (exact) mass is 530 g/mol. The molecule has 0 fully saturated rings. The number of rotatable bonds is 7. The van der Waals surface area contributed by atoms with E-state index in [1.165, 1.54) is 48.5 Å². The lowest BCUT2D eigenvalue weighted by atomic mass is 10.1. The minimum Gasteiger partial charge on any atom is -0.478 e. The molecular formula is C24H16Cl2N2O6S. The number of para-hydroxylation sites is 1. The lowest BCUT2D eigenvalue weighted by Crippen LogP contribution is -2.16. The SMILES string of the molecule is Cc1ccc(S(=O)(=O)Oc2c(Cl)cc(/C=C(\C#N)C(=O)Nc3ccccc3C(=O)O)cc2Cl)cc1. The predicted octanol–water partition coefficient (Wildman–Crippen LogP) is 5.31. The lowest BCUT2D eigenvalue weighted by Gasteiger charge is -2.11. The fourth-order valence-electron chi connectivity index (χ4n) is 2.89. The van der Waals surface area contributed by atoms with Crippen LogP contribution in [-0.2, 0) is 14.9 Å². The van der Waals surface area contributed by atoms with Crippen LogP contribution in [0.2, 0.25) is 10.0 Å². The van der Waals surface area contributed by atoms with Gasteiger partial charge in [0.1, 0.15) is 16.5 Å². The van der Waals surface area contributed by atoms with Gasteiger partial charge in [0, 0.05) is 0 Å². The highest BCUT2D eigenvalue weighted by molar-refractivity contribution is 7.87. The van der Waals surface area contributed by atoms with Crippen molar-refractivity contribution in [3.8, 4) is 11.8 Å². The van der Waals surface area contributed by atoms with Crippen molar-refractivity contribution in [2.45, 2.75) is 11.8 Å². The zero-order chi connectivity index (χ0) is 25.8. The summed E-state index contributed by atoms with van der Waals surface area (Å²) < 4.78 is 30.3. The zero-order valence-corrected chi connectivity index (χ0v) is 20.3. The molecule has 0 aromatic heterocycles. The van der Waals surface area contributed by atoms with Crippen LogP contribution in [0.4, 0.5) is 5.69 Å². The van der Waals surface area contributed by atoms with Gasteiger partial charge >= 0.3 is 16.1 Å². The van der Waals surface area contributed by atoms with Gasteiger partial charge < -0.3 is 14.6 Å². The Kier molecular flexibility index (Phi) is 7.82. The Morgan fingerprint density at radius 2 is 1.66 bits per heavy atom. The third kappa shape index (κ3) is 6.19. The fourth-order valence-corrected chi connectivity index (χ4v) is 4.53. The summed E-state index contributed by atoms with van der Waals surface area (Å²) in [4.78, 5) is 23.8. The van der Waals surface area contributed by atoms with Gasteiger partial charge in [-0.25, -0.2) is 4.79 Å². The van der Waals surface area contributed by atoms with Gasteiger partial charge in [-0.05, 0) is 55.0 Å². The summed E-state index contributed by atoms with van der Waals surface area (Å²) in [7, 11) is -4.22. The van der Waals surface area contributed by atoms with Crippen LogP contribution in [-0.4, -0.2) is 25.4 Å². The third-order valence-electron chi connectivity index (χ3n) is 4.61. The Balaban J connectivity index is 1.88. The molecule has 0 aliphatic rings. The van der Waals surface area contributed by atoms with Crippen molar-refractivity contribution < 1.29 is 27.3 Å². The summed E-state index contributed by atoms with van der Waals surface area (Å²) in [5.74, 6) is -2.43. The van der Waals surface area contributed by atoms with Crippen LogP contribution in [0, 0.1) is 18.3 Å². The van der Waals surface area contributed by atoms with E-state index in [0.29, 0.717) is 0 Å². The molecule has 0 bridgehead atoms. The molecule has 3 rings (SSSR count). The molecule has 2 N–H and O–H groups in total. The molecule has 11 heteroatoms. The standard InChI is InChI=1S/C24H16Cl2N2O6S/c1-14-6-8-17(9-7-14)35(32,33)34-22-19(25)11-15(12-20(22)26)10-16(13-27)23(29)28-21-5-3-2-4-18(21)24(30)31/h2-12H,1H3,(H,28,29)(H,30,31)/b16-10+. The van der Waals surface area contributed by atoms with E-state index in [9.17, 15) is 28.4 Å². The minimum absolute atomic E-state index is 0.00674. The van der Waals surface area contributed by atoms with Crippen LogP contribution in [0.25, 0.3) is 6.08 Å². The number of aryl methyl sites for hydroxylation is 1. The highest BCUT2D eigenvalue weighted by Crippen LogP contribution is 2.37. The number of nitriles is 1. The summed E-state index contributed by atoms with van der Waals surface area (Å²) >= 11 is 12.4. The summed E-state index contributed by atoms with van der Waals surface area (Å²) in [5, 5.41) is 20.7. The van der Waals surface area contributed by atoms with Gasteiger partial charge in [-0.1, -0.05) is 53.0 Å². The number of amides is 1. The van der Waals surface area contributed by atoms with Crippen molar-refractivity contribution in [2.24, 2.45) is 0 Å². The van der Waals surface area contributed by atoms with Gasteiger partial charge in [0.2, 0.25) is 0 Å². The minimum atomic E-state index is -4.22. The molecule has 0 atom stereocenters. The molecule has 0 saturated carbocycles. The van der Waals surface area contributed by atoms with Gasteiger partial charge in [0.05, 0.1) is 21.3 Å². The van der Waals surface area contributed by atoms with Gasteiger partial charge in [-0.15, -0.1) is 0 Å². The molecule has 3 aromatic rings. The molecule has 0 saturated heterocycles. The van der Waals surface area contributed by atoms with E-state index in [1.807, 2.05) is 0 Å². The number of halogens is 2. The van der Waals surface area contributed by atoms with Crippen LogP contribution >= 0.6 is 23.2 Å². The van der Waals surface area contributed by atoms with Crippen molar-refractivity contribution in [1.29, 1.82) is 5.26 Å². The molecule has 0 heterocycles. The molecule has 178 valence electrons. The maximum atomic E-state index is 12.6. The number of benzene rings is 3. The average molecular weight is 531 g/mol. The van der Waals surface area contributed by atoms with Crippen LogP contribution in [0.15, 0.2) is 71.1 Å². The van der Waals surface area contributed by atoms with Gasteiger partial charge in [0.15, 0.2) is 5.75 Å². The van der Waals surface area contributed by atoms with Crippen LogP contribution in [0.1, 0.15) is 21.5 Å². The molecule has 1 amide bonds. The number of carboxylic acid groups (broad SMARTS) is 1. The molecule has 0 spiro atoms. The number of anilines is 1. The normalized spacial score (nSPS) is 11.4. The first-order valence-electron chi connectivity index (χ1n) is 9.77. The number of nitrogens with one attached hydrogen (secondary N) is 1. The maximum Gasteiger partial charge on any atom is 0.339 e. The van der Waals surface area contributed by atoms with E-state index in [1.54, 1.807) is 25.1 Å². The number of hydrogen-bond acceptors (Lipinski definition) is 6. The third-order valence-corrected chi connectivity index (χ3v) is 6.40.